The molecule has 0 aliphatic carbocycles. The number of ether oxygens (including phenoxy) is 1. The van der Waals surface area contributed by atoms with Crippen LogP contribution in [0.25, 0.3) is 10.9 Å². The van der Waals surface area contributed by atoms with E-state index < -0.39 is 0 Å². The van der Waals surface area contributed by atoms with Crippen molar-refractivity contribution >= 4 is 10.9 Å². The molecule has 0 fully saturated rings. The van der Waals surface area contributed by atoms with Crippen molar-refractivity contribution in [2.24, 2.45) is 0 Å². The normalized spacial score (nSPS) is 11.0. The van der Waals surface area contributed by atoms with Crippen molar-refractivity contribution in [1.29, 1.82) is 0 Å². The van der Waals surface area contributed by atoms with Crippen molar-refractivity contribution in [2.45, 2.75) is 19.4 Å². The van der Waals surface area contributed by atoms with Crippen LogP contribution in [0.5, 0.6) is 11.5 Å². The van der Waals surface area contributed by atoms with Gasteiger partial charge in [0.25, 0.3) is 5.56 Å². The lowest BCUT2D eigenvalue weighted by Gasteiger charge is -2.10. The molecular formula is C23H22N2O3. The molecule has 5 heteroatoms. The van der Waals surface area contributed by atoms with Crippen LogP contribution in [0.15, 0.2) is 71.8 Å². The molecule has 5 nitrogen and oxygen atoms in total. The fourth-order valence-electron chi connectivity index (χ4n) is 3.49. The van der Waals surface area contributed by atoms with Gasteiger partial charge in [0.15, 0.2) is 0 Å². The minimum atomic E-state index is -0.152. The molecule has 0 aliphatic heterocycles. The highest BCUT2D eigenvalue weighted by molar-refractivity contribution is 5.84. The topological polar surface area (TPSA) is 67.2 Å². The van der Waals surface area contributed by atoms with Gasteiger partial charge < -0.3 is 19.4 Å². The molecule has 0 saturated heterocycles. The van der Waals surface area contributed by atoms with Crippen LogP contribution in [-0.4, -0.2) is 21.8 Å². The third kappa shape index (κ3) is 3.51. The number of pyridine rings is 1. The molecular weight excluding hydrogens is 352 g/mol. The van der Waals surface area contributed by atoms with Gasteiger partial charge in [-0.15, -0.1) is 0 Å². The van der Waals surface area contributed by atoms with Gasteiger partial charge in [0.1, 0.15) is 11.5 Å². The Morgan fingerprint density at radius 1 is 1.11 bits per heavy atom. The van der Waals surface area contributed by atoms with E-state index in [1.165, 1.54) is 0 Å². The molecule has 2 N–H and O–H groups in total. The number of benzene rings is 2. The molecule has 0 radical (unpaired) electrons. The Morgan fingerprint density at radius 3 is 2.71 bits per heavy atom. The van der Waals surface area contributed by atoms with E-state index in [0.29, 0.717) is 24.9 Å². The summed E-state index contributed by atoms with van der Waals surface area (Å²) in [7, 11) is 1.65. The predicted octanol–water partition coefficient (Wildman–Crippen LogP) is 3.88. The molecule has 0 saturated carbocycles. The van der Waals surface area contributed by atoms with Gasteiger partial charge in [0, 0.05) is 36.3 Å². The van der Waals surface area contributed by atoms with Crippen LogP contribution in [0.3, 0.4) is 0 Å². The number of aryl methyl sites for hydroxylation is 2. The van der Waals surface area contributed by atoms with Crippen LogP contribution in [0, 0.1) is 0 Å². The van der Waals surface area contributed by atoms with E-state index in [9.17, 15) is 9.90 Å². The summed E-state index contributed by atoms with van der Waals surface area (Å²) < 4.78 is 6.98. The zero-order valence-corrected chi connectivity index (χ0v) is 15.7. The summed E-state index contributed by atoms with van der Waals surface area (Å²) >= 11 is 0. The molecule has 28 heavy (non-hydrogen) atoms. The molecule has 0 unspecified atom stereocenters. The lowest BCUT2D eigenvalue weighted by Crippen LogP contribution is -2.24. The van der Waals surface area contributed by atoms with Crippen molar-refractivity contribution in [1.82, 2.24) is 9.55 Å². The smallest absolute Gasteiger partial charge is 0.257 e. The van der Waals surface area contributed by atoms with Gasteiger partial charge >= 0.3 is 0 Å². The first-order valence-electron chi connectivity index (χ1n) is 9.25. The molecule has 4 aromatic rings. The zero-order chi connectivity index (χ0) is 19.5. The Hall–Kier alpha value is -3.47. The van der Waals surface area contributed by atoms with E-state index in [1.807, 2.05) is 54.7 Å². The Labute approximate surface area is 162 Å². The minimum Gasteiger partial charge on any atom is -0.507 e. The van der Waals surface area contributed by atoms with Crippen molar-refractivity contribution < 1.29 is 9.84 Å². The number of nitrogens with one attached hydrogen (secondary N) is 1. The van der Waals surface area contributed by atoms with Gasteiger partial charge in [0.2, 0.25) is 0 Å². The van der Waals surface area contributed by atoms with Crippen LogP contribution in [-0.2, 0) is 19.4 Å². The summed E-state index contributed by atoms with van der Waals surface area (Å²) in [6, 6.07) is 17.2. The number of hydrogen-bond donors (Lipinski definition) is 2. The van der Waals surface area contributed by atoms with Crippen LogP contribution in [0.1, 0.15) is 16.7 Å². The first-order chi connectivity index (χ1) is 13.7. The number of H-pyrrole nitrogens is 1. The maximum absolute atomic E-state index is 12.9. The number of methoxy groups -OCH3 is 1. The summed E-state index contributed by atoms with van der Waals surface area (Å²) in [5.74, 6) is 0.849. The fourth-order valence-corrected chi connectivity index (χ4v) is 3.49. The summed E-state index contributed by atoms with van der Waals surface area (Å²) in [6.45, 7) is 0.533. The first kappa shape index (κ1) is 17.9. The van der Waals surface area contributed by atoms with E-state index in [2.05, 4.69) is 4.98 Å². The van der Waals surface area contributed by atoms with E-state index >= 15 is 0 Å². The minimum absolute atomic E-state index is 0.0435. The van der Waals surface area contributed by atoms with Crippen LogP contribution in [0.4, 0.5) is 0 Å². The molecule has 0 amide bonds. The van der Waals surface area contributed by atoms with Crippen LogP contribution >= 0.6 is 0 Å². The quantitative estimate of drug-likeness (QED) is 0.538. The van der Waals surface area contributed by atoms with Gasteiger partial charge in [0.05, 0.1) is 12.7 Å². The Kier molecular flexibility index (Phi) is 4.89. The SMILES string of the molecule is COc1ccc2[nH]cc(CCn3ccc(O)c(Cc4ccccc4)c3=O)c2c1. The predicted molar refractivity (Wildman–Crippen MR) is 110 cm³/mol. The van der Waals surface area contributed by atoms with Crippen LogP contribution in [0.2, 0.25) is 0 Å². The second kappa shape index (κ2) is 7.64. The highest BCUT2D eigenvalue weighted by atomic mass is 16.5. The number of aromatic nitrogens is 2. The summed E-state index contributed by atoms with van der Waals surface area (Å²) in [4.78, 5) is 16.2. The first-order valence-corrected chi connectivity index (χ1v) is 9.25. The molecule has 0 spiro atoms. The second-order valence-electron chi connectivity index (χ2n) is 6.82. The van der Waals surface area contributed by atoms with Crippen molar-refractivity contribution in [3.05, 3.63) is 94.0 Å². The monoisotopic (exact) mass is 374 g/mol. The lowest BCUT2D eigenvalue weighted by molar-refractivity contribution is 0.415. The number of fused-ring (bicyclic) bond motifs is 1. The standard InChI is InChI=1S/C23H22N2O3/c1-28-18-7-8-21-19(14-18)17(15-24-21)9-11-25-12-10-22(26)20(23(25)27)13-16-5-3-2-4-6-16/h2-8,10,12,14-15,24,26H,9,11,13H2,1H3. The fraction of sp³-hybridized carbons (Fsp3) is 0.174. The van der Waals surface area contributed by atoms with E-state index in [4.69, 9.17) is 4.74 Å². The zero-order valence-electron chi connectivity index (χ0n) is 15.7. The van der Waals surface area contributed by atoms with Crippen molar-refractivity contribution in [3.63, 3.8) is 0 Å². The largest absolute Gasteiger partial charge is 0.507 e. The van der Waals surface area contributed by atoms with Crippen molar-refractivity contribution in [2.75, 3.05) is 7.11 Å². The maximum Gasteiger partial charge on any atom is 0.257 e. The van der Waals surface area contributed by atoms with Gasteiger partial charge in [-0.25, -0.2) is 0 Å². The number of aromatic hydroxyl groups is 1. The van der Waals surface area contributed by atoms with Gasteiger partial charge in [-0.1, -0.05) is 30.3 Å². The van der Waals surface area contributed by atoms with Gasteiger partial charge in [-0.2, -0.15) is 0 Å². The molecule has 2 aromatic carbocycles. The number of rotatable bonds is 6. The number of nitrogens with zero attached hydrogens (tertiary/aromatic N) is 1. The highest BCUT2D eigenvalue weighted by Crippen LogP contribution is 2.24. The Balaban J connectivity index is 1.59. The average Bonchev–Trinajstić information content (AvgIpc) is 3.13. The Bertz CT molecular complexity index is 1160. The third-order valence-corrected chi connectivity index (χ3v) is 5.06. The summed E-state index contributed by atoms with van der Waals surface area (Å²) in [5, 5.41) is 11.3. The molecule has 2 heterocycles. The number of aromatic amines is 1. The molecule has 0 bridgehead atoms. The van der Waals surface area contributed by atoms with E-state index in [-0.39, 0.29) is 11.3 Å². The summed E-state index contributed by atoms with van der Waals surface area (Å²) in [6.07, 6.45) is 4.74. The molecule has 0 aliphatic rings. The van der Waals surface area contributed by atoms with Gasteiger partial charge in [-0.3, -0.25) is 4.79 Å². The molecule has 2 aromatic heterocycles. The van der Waals surface area contributed by atoms with Crippen LogP contribution < -0.4 is 10.3 Å². The van der Waals surface area contributed by atoms with E-state index in [1.54, 1.807) is 23.9 Å². The second-order valence-corrected chi connectivity index (χ2v) is 6.82. The van der Waals surface area contributed by atoms with Gasteiger partial charge in [-0.05, 0) is 41.8 Å². The number of hydrogen-bond acceptors (Lipinski definition) is 3. The molecule has 142 valence electrons. The van der Waals surface area contributed by atoms with Crippen molar-refractivity contribution in [3.8, 4) is 11.5 Å². The van der Waals surface area contributed by atoms with E-state index in [0.717, 1.165) is 27.8 Å². The molecule has 0 atom stereocenters. The maximum atomic E-state index is 12.9. The third-order valence-electron chi connectivity index (χ3n) is 5.06. The Morgan fingerprint density at radius 2 is 1.93 bits per heavy atom. The highest BCUT2D eigenvalue weighted by Gasteiger charge is 2.11. The average molecular weight is 374 g/mol. The molecule has 4 rings (SSSR count). The lowest BCUT2D eigenvalue weighted by atomic mass is 10.1. The summed E-state index contributed by atoms with van der Waals surface area (Å²) in [5.41, 5.74) is 3.43.